The molecule has 0 heterocycles. The molecule has 2 aromatic rings. The Morgan fingerprint density at radius 3 is 1.65 bits per heavy atom. The summed E-state index contributed by atoms with van der Waals surface area (Å²) in [4.78, 5) is 0. The lowest BCUT2D eigenvalue weighted by Crippen LogP contribution is -2.07. The van der Waals surface area contributed by atoms with E-state index in [1.165, 1.54) is 31.4 Å². The van der Waals surface area contributed by atoms with Crippen LogP contribution in [0.15, 0.2) is 24.3 Å². The van der Waals surface area contributed by atoms with Crippen LogP contribution in [0.2, 0.25) is 0 Å². The number of rotatable bonds is 3. The van der Waals surface area contributed by atoms with Crippen LogP contribution < -0.4 is 4.74 Å². The summed E-state index contributed by atoms with van der Waals surface area (Å²) in [5, 5.41) is 0. The summed E-state index contributed by atoms with van der Waals surface area (Å²) in [6.45, 7) is 0. The van der Waals surface area contributed by atoms with Gasteiger partial charge in [0.2, 0.25) is 5.82 Å². The van der Waals surface area contributed by atoms with Gasteiger partial charge in [0.25, 0.3) is 0 Å². The lowest BCUT2D eigenvalue weighted by molar-refractivity contribution is 0.371. The minimum Gasteiger partial charge on any atom is -0.497 e. The van der Waals surface area contributed by atoms with Crippen LogP contribution in [0.3, 0.4) is 0 Å². The van der Waals surface area contributed by atoms with Crippen molar-refractivity contribution in [2.24, 2.45) is 0 Å². The zero-order valence-corrected chi connectivity index (χ0v) is 10.3. The zero-order valence-electron chi connectivity index (χ0n) is 10.3. The van der Waals surface area contributed by atoms with Gasteiger partial charge < -0.3 is 4.74 Å². The second kappa shape index (κ2) is 5.48. The third-order valence-corrected chi connectivity index (χ3v) is 2.84. The van der Waals surface area contributed by atoms with E-state index in [1.54, 1.807) is 0 Å². The van der Waals surface area contributed by atoms with Crippen LogP contribution in [-0.2, 0) is 6.42 Å². The van der Waals surface area contributed by atoms with Crippen LogP contribution in [0, 0.1) is 29.1 Å². The van der Waals surface area contributed by atoms with Crippen molar-refractivity contribution in [2.45, 2.75) is 6.42 Å². The highest BCUT2D eigenvalue weighted by Crippen LogP contribution is 2.25. The van der Waals surface area contributed by atoms with Gasteiger partial charge in [-0.15, -0.1) is 0 Å². The Morgan fingerprint density at radius 2 is 1.20 bits per heavy atom. The number of benzene rings is 2. The van der Waals surface area contributed by atoms with Crippen molar-refractivity contribution in [1.82, 2.24) is 0 Å². The first-order chi connectivity index (χ1) is 9.45. The number of hydrogen-bond acceptors (Lipinski definition) is 1. The number of hydrogen-bond donors (Lipinski definition) is 0. The molecular weight excluding hydrogens is 279 g/mol. The summed E-state index contributed by atoms with van der Waals surface area (Å²) in [6.07, 6.45) is -0.407. The summed E-state index contributed by atoms with van der Waals surface area (Å²) < 4.78 is 70.9. The van der Waals surface area contributed by atoms with Crippen LogP contribution in [0.25, 0.3) is 0 Å². The van der Waals surface area contributed by atoms with Gasteiger partial charge in [0.15, 0.2) is 23.3 Å². The second-order valence-electron chi connectivity index (χ2n) is 4.07. The summed E-state index contributed by atoms with van der Waals surface area (Å²) in [7, 11) is 1.44. The highest BCUT2D eigenvalue weighted by Gasteiger charge is 2.25. The molecule has 1 nitrogen and oxygen atoms in total. The van der Waals surface area contributed by atoms with Gasteiger partial charge in [0.1, 0.15) is 5.75 Å². The maximum atomic E-state index is 13.5. The highest BCUT2D eigenvalue weighted by atomic mass is 19.2. The van der Waals surface area contributed by atoms with Gasteiger partial charge in [0.05, 0.1) is 7.11 Å². The Kier molecular flexibility index (Phi) is 3.92. The summed E-state index contributed by atoms with van der Waals surface area (Å²) >= 11 is 0. The number of ether oxygens (including phenoxy) is 1. The molecule has 2 rings (SSSR count). The molecule has 0 spiro atoms. The van der Waals surface area contributed by atoms with E-state index in [4.69, 9.17) is 4.74 Å². The fourth-order valence-corrected chi connectivity index (χ4v) is 1.75. The lowest BCUT2D eigenvalue weighted by atomic mass is 10.0. The molecule has 0 bridgehead atoms. The Hall–Kier alpha value is -2.11. The van der Waals surface area contributed by atoms with Crippen LogP contribution in [0.4, 0.5) is 22.0 Å². The summed E-state index contributed by atoms with van der Waals surface area (Å²) in [5.41, 5.74) is -0.458. The Bertz CT molecular complexity index is 608. The van der Waals surface area contributed by atoms with Crippen molar-refractivity contribution in [3.63, 3.8) is 0 Å². The molecule has 0 aliphatic carbocycles. The predicted octanol–water partition coefficient (Wildman–Crippen LogP) is 3.98. The lowest BCUT2D eigenvalue weighted by Gasteiger charge is -2.08. The fraction of sp³-hybridized carbons (Fsp3) is 0.143. The third-order valence-electron chi connectivity index (χ3n) is 2.84. The minimum atomic E-state index is -2.15. The Balaban J connectivity index is 2.42. The van der Waals surface area contributed by atoms with E-state index in [2.05, 4.69) is 0 Å². The molecule has 106 valence electrons. The summed E-state index contributed by atoms with van der Waals surface area (Å²) in [6, 6.07) is 6.02. The molecule has 0 atom stereocenters. The van der Waals surface area contributed by atoms with Crippen molar-refractivity contribution < 1.29 is 26.7 Å². The molecule has 2 aromatic carbocycles. The SMILES string of the molecule is COc1ccc(Cc2c(F)c(F)c(F)c(F)c2F)cc1. The first-order valence-corrected chi connectivity index (χ1v) is 5.59. The molecule has 0 aliphatic rings. The largest absolute Gasteiger partial charge is 0.497 e. The van der Waals surface area contributed by atoms with E-state index < -0.39 is 41.1 Å². The molecule has 0 unspecified atom stereocenters. The Labute approximate surface area is 111 Å². The van der Waals surface area contributed by atoms with Crippen molar-refractivity contribution in [3.8, 4) is 5.75 Å². The van der Waals surface area contributed by atoms with Gasteiger partial charge in [-0.25, -0.2) is 22.0 Å². The topological polar surface area (TPSA) is 9.23 Å². The highest BCUT2D eigenvalue weighted by molar-refractivity contribution is 5.33. The van der Waals surface area contributed by atoms with E-state index in [-0.39, 0.29) is 0 Å². The smallest absolute Gasteiger partial charge is 0.200 e. The van der Waals surface area contributed by atoms with Crippen molar-refractivity contribution in [2.75, 3.05) is 7.11 Å². The van der Waals surface area contributed by atoms with Gasteiger partial charge >= 0.3 is 0 Å². The fourth-order valence-electron chi connectivity index (χ4n) is 1.75. The van der Waals surface area contributed by atoms with Crippen LogP contribution in [0.5, 0.6) is 5.75 Å². The molecular formula is C14H9F5O. The molecule has 0 fully saturated rings. The van der Waals surface area contributed by atoms with Crippen molar-refractivity contribution in [1.29, 1.82) is 0 Å². The molecule has 0 amide bonds. The molecule has 0 radical (unpaired) electrons. The first kappa shape index (κ1) is 14.3. The standard InChI is InChI=1S/C14H9F5O/c1-20-8-4-2-7(3-5-8)6-9-10(15)12(17)14(19)13(18)11(9)16/h2-5H,6H2,1H3. The van der Waals surface area contributed by atoms with E-state index >= 15 is 0 Å². The molecule has 0 aromatic heterocycles. The molecule has 20 heavy (non-hydrogen) atoms. The summed E-state index contributed by atoms with van der Waals surface area (Å²) in [5.74, 6) is -9.13. The van der Waals surface area contributed by atoms with E-state index in [9.17, 15) is 22.0 Å². The molecule has 0 N–H and O–H groups in total. The monoisotopic (exact) mass is 288 g/mol. The average Bonchev–Trinajstić information content (AvgIpc) is 2.48. The van der Waals surface area contributed by atoms with E-state index in [0.717, 1.165) is 0 Å². The Morgan fingerprint density at radius 1 is 0.750 bits per heavy atom. The maximum absolute atomic E-state index is 13.5. The zero-order chi connectivity index (χ0) is 14.9. The second-order valence-corrected chi connectivity index (χ2v) is 4.07. The van der Waals surface area contributed by atoms with Crippen LogP contribution >= 0.6 is 0 Å². The maximum Gasteiger partial charge on any atom is 0.200 e. The average molecular weight is 288 g/mol. The van der Waals surface area contributed by atoms with Crippen LogP contribution in [-0.4, -0.2) is 7.11 Å². The molecule has 0 saturated heterocycles. The molecule has 0 aliphatic heterocycles. The van der Waals surface area contributed by atoms with Gasteiger partial charge in [-0.2, -0.15) is 0 Å². The van der Waals surface area contributed by atoms with Gasteiger partial charge in [-0.05, 0) is 17.7 Å². The molecule has 6 heteroatoms. The first-order valence-electron chi connectivity index (χ1n) is 5.59. The molecule has 0 saturated carbocycles. The predicted molar refractivity (Wildman–Crippen MR) is 62.0 cm³/mol. The van der Waals surface area contributed by atoms with E-state index in [0.29, 0.717) is 11.3 Å². The van der Waals surface area contributed by atoms with Crippen molar-refractivity contribution >= 4 is 0 Å². The normalized spacial score (nSPS) is 10.7. The van der Waals surface area contributed by atoms with Gasteiger partial charge in [-0.3, -0.25) is 0 Å². The third kappa shape index (κ3) is 2.45. The minimum absolute atomic E-state index is 0.397. The van der Waals surface area contributed by atoms with Crippen LogP contribution in [0.1, 0.15) is 11.1 Å². The van der Waals surface area contributed by atoms with Gasteiger partial charge in [0, 0.05) is 12.0 Å². The van der Waals surface area contributed by atoms with Gasteiger partial charge in [-0.1, -0.05) is 12.1 Å². The van der Waals surface area contributed by atoms with E-state index in [1.807, 2.05) is 0 Å². The quantitative estimate of drug-likeness (QED) is 0.471. The number of halogens is 5. The number of methoxy groups -OCH3 is 1. The van der Waals surface area contributed by atoms with Crippen molar-refractivity contribution in [3.05, 3.63) is 64.5 Å².